The van der Waals surface area contributed by atoms with Gasteiger partial charge in [-0.15, -0.1) is 0 Å². The molecule has 13 nitrogen and oxygen atoms in total. The third-order valence-electron chi connectivity index (χ3n) is 7.57. The normalized spacial score (nSPS) is 24.3. The number of aliphatic hydroxyl groups is 2. The predicted octanol–water partition coefficient (Wildman–Crippen LogP) is 3.12. The third-order valence-corrected chi connectivity index (χ3v) is 7.57. The summed E-state index contributed by atoms with van der Waals surface area (Å²) in [4.78, 5) is 0. The predicted molar refractivity (Wildman–Crippen MR) is 144 cm³/mol. The molecule has 0 amide bonds. The van der Waals surface area contributed by atoms with Gasteiger partial charge in [-0.3, -0.25) is 0 Å². The molecule has 0 radical (unpaired) electrons. The number of phenolic OH excluding ortho intramolecular Hbond substituents is 8. The molecule has 0 bridgehead atoms. The molecule has 0 aliphatic carbocycles. The van der Waals surface area contributed by atoms with Crippen LogP contribution in [-0.4, -0.2) is 63.3 Å². The monoisotopic (exact) mass is 594 g/mol. The molecule has 13 heteroatoms. The number of aliphatic hydroxyl groups excluding tert-OH is 2. The molecule has 6 atom stereocenters. The first kappa shape index (κ1) is 27.9. The average molecular weight is 595 g/mol. The smallest absolute Gasteiger partial charge is 0.200 e. The van der Waals surface area contributed by atoms with E-state index in [0.717, 1.165) is 24.3 Å². The van der Waals surface area contributed by atoms with Crippen molar-refractivity contribution in [3.05, 3.63) is 82.9 Å². The molecule has 2 heterocycles. The maximum Gasteiger partial charge on any atom is 0.200 e. The Labute approximate surface area is 242 Å². The van der Waals surface area contributed by atoms with Crippen LogP contribution < -0.4 is 9.47 Å². The first-order valence-corrected chi connectivity index (χ1v) is 12.9. The van der Waals surface area contributed by atoms with Crippen LogP contribution in [0.2, 0.25) is 0 Å². The zero-order valence-electron chi connectivity index (χ0n) is 21.9. The molecule has 224 valence electrons. The van der Waals surface area contributed by atoms with E-state index < -0.39 is 82.6 Å². The minimum atomic E-state index is -1.58. The largest absolute Gasteiger partial charge is 0.504 e. The zero-order valence-corrected chi connectivity index (χ0v) is 21.9. The molecular weight excluding hydrogens is 568 g/mol. The second-order valence-corrected chi connectivity index (χ2v) is 10.2. The van der Waals surface area contributed by atoms with E-state index in [-0.39, 0.29) is 33.8 Å². The van der Waals surface area contributed by atoms with Gasteiger partial charge < -0.3 is 65.3 Å². The number of phenols is 8. The molecule has 0 spiro atoms. The molecule has 4 aromatic carbocycles. The molecular formula is C30H26O13. The number of aromatic hydroxyl groups is 8. The van der Waals surface area contributed by atoms with Crippen LogP contribution in [0, 0.1) is 0 Å². The Bertz CT molecular complexity index is 1600. The van der Waals surface area contributed by atoms with Crippen molar-refractivity contribution in [2.75, 3.05) is 0 Å². The number of fused-ring (bicyclic) bond motifs is 2. The summed E-state index contributed by atoms with van der Waals surface area (Å²) in [6.45, 7) is 0. The lowest BCUT2D eigenvalue weighted by molar-refractivity contribution is -0.175. The van der Waals surface area contributed by atoms with Gasteiger partial charge >= 0.3 is 0 Å². The van der Waals surface area contributed by atoms with E-state index in [1.54, 1.807) is 0 Å². The third kappa shape index (κ3) is 4.55. The summed E-state index contributed by atoms with van der Waals surface area (Å²) >= 11 is 0. The van der Waals surface area contributed by atoms with Crippen molar-refractivity contribution in [1.82, 2.24) is 0 Å². The highest BCUT2D eigenvalue weighted by Gasteiger charge is 2.47. The Balaban J connectivity index is 1.47. The van der Waals surface area contributed by atoms with Crippen molar-refractivity contribution in [2.24, 2.45) is 0 Å². The highest BCUT2D eigenvalue weighted by molar-refractivity contribution is 5.58. The summed E-state index contributed by atoms with van der Waals surface area (Å²) in [5.41, 5.74) is 0.476. The zero-order chi connectivity index (χ0) is 30.7. The maximum atomic E-state index is 11.6. The summed E-state index contributed by atoms with van der Waals surface area (Å²) in [6, 6.07) is 12.3. The fraction of sp³-hybridized carbons (Fsp3) is 0.200. The van der Waals surface area contributed by atoms with E-state index in [4.69, 9.17) is 14.2 Å². The Morgan fingerprint density at radius 2 is 0.837 bits per heavy atom. The van der Waals surface area contributed by atoms with E-state index >= 15 is 0 Å². The SMILES string of the molecule is Oc1ccc([C@H]2Oc3c(ccc(O)c3O)[C@@H](O[C@H]3c4ccc(O)c(O)c4O[C@H](c4ccc(O)c(O)c4)[C@@H]3O)[C@H]2O)cc1O. The molecule has 0 unspecified atom stereocenters. The number of rotatable bonds is 4. The number of ether oxygens (including phenoxy) is 3. The van der Waals surface area contributed by atoms with Gasteiger partial charge in [-0.1, -0.05) is 12.1 Å². The lowest BCUT2D eigenvalue weighted by atomic mass is 9.88. The number of hydrogen-bond donors (Lipinski definition) is 10. The Morgan fingerprint density at radius 1 is 0.465 bits per heavy atom. The molecule has 2 aliphatic rings. The van der Waals surface area contributed by atoms with Gasteiger partial charge in [0.2, 0.25) is 11.5 Å². The summed E-state index contributed by atoms with van der Waals surface area (Å²) in [5.74, 6) is -4.82. The second kappa shape index (κ2) is 10.2. The highest BCUT2D eigenvalue weighted by atomic mass is 16.6. The Hall–Kier alpha value is -5.24. The van der Waals surface area contributed by atoms with Crippen LogP contribution >= 0.6 is 0 Å². The molecule has 0 aromatic heterocycles. The molecule has 2 aliphatic heterocycles. The number of benzene rings is 4. The van der Waals surface area contributed by atoms with E-state index in [0.29, 0.717) is 0 Å². The quantitative estimate of drug-likeness (QED) is 0.153. The van der Waals surface area contributed by atoms with Crippen molar-refractivity contribution in [3.8, 4) is 57.5 Å². The van der Waals surface area contributed by atoms with Gasteiger partial charge in [0.15, 0.2) is 58.2 Å². The molecule has 6 rings (SSSR count). The Kier molecular flexibility index (Phi) is 6.64. The van der Waals surface area contributed by atoms with E-state index in [2.05, 4.69) is 0 Å². The van der Waals surface area contributed by atoms with E-state index in [9.17, 15) is 51.1 Å². The minimum absolute atomic E-state index is 0.0733. The van der Waals surface area contributed by atoms with Crippen LogP contribution in [0.5, 0.6) is 57.5 Å². The van der Waals surface area contributed by atoms with Gasteiger partial charge in [0.05, 0.1) is 0 Å². The van der Waals surface area contributed by atoms with Gasteiger partial charge in [-0.2, -0.15) is 0 Å². The second-order valence-electron chi connectivity index (χ2n) is 10.2. The highest BCUT2D eigenvalue weighted by Crippen LogP contribution is 2.55. The van der Waals surface area contributed by atoms with E-state index in [1.165, 1.54) is 36.4 Å². The fourth-order valence-corrected chi connectivity index (χ4v) is 5.36. The van der Waals surface area contributed by atoms with Crippen LogP contribution in [0.15, 0.2) is 60.7 Å². The van der Waals surface area contributed by atoms with Crippen molar-refractivity contribution < 1.29 is 65.3 Å². The first-order valence-electron chi connectivity index (χ1n) is 12.9. The summed E-state index contributed by atoms with van der Waals surface area (Å²) in [7, 11) is 0. The van der Waals surface area contributed by atoms with Crippen molar-refractivity contribution in [3.63, 3.8) is 0 Å². The van der Waals surface area contributed by atoms with Crippen molar-refractivity contribution in [2.45, 2.75) is 36.6 Å². The van der Waals surface area contributed by atoms with Crippen LogP contribution in [0.4, 0.5) is 0 Å². The number of hydrogen-bond acceptors (Lipinski definition) is 13. The standard InChI is InChI=1S/C30H26O13/c31-15-5-1-11(9-19(15)35)25-23(39)29(13-3-7-17(33)21(37)27(13)41-25)43-30-14-4-8-18(34)22(38)28(14)42-26(24(30)40)12-2-6-16(32)20(36)10-12/h1-10,23-26,29-40H/t23-,24-,25+,26+,29-,30+/m0/s1. The van der Waals surface area contributed by atoms with Crippen LogP contribution in [-0.2, 0) is 4.74 Å². The molecule has 0 saturated heterocycles. The summed E-state index contributed by atoms with van der Waals surface area (Å²) < 4.78 is 18.1. The van der Waals surface area contributed by atoms with Gasteiger partial charge in [0, 0.05) is 11.1 Å². The van der Waals surface area contributed by atoms with Crippen molar-refractivity contribution in [1.29, 1.82) is 0 Å². The maximum absolute atomic E-state index is 11.6. The fourth-order valence-electron chi connectivity index (χ4n) is 5.36. The van der Waals surface area contributed by atoms with Crippen molar-refractivity contribution >= 4 is 0 Å². The van der Waals surface area contributed by atoms with Crippen LogP contribution in [0.25, 0.3) is 0 Å². The molecule has 4 aromatic rings. The Morgan fingerprint density at radius 3 is 1.21 bits per heavy atom. The van der Waals surface area contributed by atoms with Gasteiger partial charge in [-0.25, -0.2) is 0 Å². The molecule has 43 heavy (non-hydrogen) atoms. The minimum Gasteiger partial charge on any atom is -0.504 e. The van der Waals surface area contributed by atoms with Gasteiger partial charge in [0.1, 0.15) is 24.4 Å². The summed E-state index contributed by atoms with van der Waals surface area (Å²) in [6.07, 6.45) is -8.61. The molecule has 10 N–H and O–H groups in total. The van der Waals surface area contributed by atoms with Gasteiger partial charge in [-0.05, 0) is 59.7 Å². The topological polar surface area (TPSA) is 230 Å². The molecule has 0 fully saturated rings. The lowest BCUT2D eigenvalue weighted by Gasteiger charge is -2.42. The van der Waals surface area contributed by atoms with Crippen LogP contribution in [0.1, 0.15) is 46.7 Å². The molecule has 0 saturated carbocycles. The lowest BCUT2D eigenvalue weighted by Crippen LogP contribution is -2.41. The first-order chi connectivity index (χ1) is 20.5. The van der Waals surface area contributed by atoms with Crippen LogP contribution in [0.3, 0.4) is 0 Å². The van der Waals surface area contributed by atoms with Gasteiger partial charge in [0.25, 0.3) is 0 Å². The summed E-state index contributed by atoms with van der Waals surface area (Å²) in [5, 5.41) is 104. The van der Waals surface area contributed by atoms with E-state index in [1.807, 2.05) is 0 Å². The average Bonchev–Trinajstić information content (AvgIpc) is 2.98.